The molecule has 10 heteroatoms. The van der Waals surface area contributed by atoms with Crippen LogP contribution in [0.2, 0.25) is 0 Å². The molecule has 5 heterocycles. The molecule has 10 nitrogen and oxygen atoms in total. The first-order valence-electron chi connectivity index (χ1n) is 13.1. The van der Waals surface area contributed by atoms with Crippen molar-refractivity contribution in [3.05, 3.63) is 31.0 Å². The number of fused-ring (bicyclic) bond motifs is 1. The van der Waals surface area contributed by atoms with Crippen molar-refractivity contribution in [2.45, 2.75) is 63.1 Å². The summed E-state index contributed by atoms with van der Waals surface area (Å²) in [5.74, 6) is 0. The maximum absolute atomic E-state index is 13.1. The molecular formula is C26H33N9O. The molecule has 3 fully saturated rings. The molecule has 3 aliphatic rings. The van der Waals surface area contributed by atoms with Crippen LogP contribution >= 0.6 is 0 Å². The van der Waals surface area contributed by atoms with Crippen LogP contribution in [-0.2, 0) is 5.54 Å². The topological polar surface area (TPSA) is 110 Å². The molecule has 188 valence electrons. The van der Waals surface area contributed by atoms with Crippen molar-refractivity contribution in [3.8, 4) is 17.3 Å². The summed E-state index contributed by atoms with van der Waals surface area (Å²) in [6.07, 6.45) is 12.8. The van der Waals surface area contributed by atoms with Crippen LogP contribution in [0.3, 0.4) is 0 Å². The molecule has 2 saturated heterocycles. The number of aromatic amines is 1. The van der Waals surface area contributed by atoms with Gasteiger partial charge in [-0.3, -0.25) is 9.58 Å². The van der Waals surface area contributed by atoms with Gasteiger partial charge in [0.2, 0.25) is 0 Å². The van der Waals surface area contributed by atoms with E-state index in [9.17, 15) is 10.1 Å². The van der Waals surface area contributed by atoms with E-state index in [1.54, 1.807) is 6.33 Å². The van der Waals surface area contributed by atoms with E-state index in [1.165, 1.54) is 0 Å². The number of carbonyl (C=O) groups is 1. The van der Waals surface area contributed by atoms with E-state index in [0.29, 0.717) is 18.5 Å². The highest BCUT2D eigenvalue weighted by atomic mass is 16.2. The first kappa shape index (κ1) is 23.0. The fourth-order valence-electron chi connectivity index (χ4n) is 6.41. The Labute approximate surface area is 210 Å². The highest BCUT2D eigenvalue weighted by Crippen LogP contribution is 2.45. The quantitative estimate of drug-likeness (QED) is 0.592. The number of nitrogens with one attached hydrogen (secondary N) is 1. The second kappa shape index (κ2) is 9.21. The Morgan fingerprint density at radius 2 is 2.06 bits per heavy atom. The molecule has 1 atom stereocenters. The van der Waals surface area contributed by atoms with Gasteiger partial charge >= 0.3 is 6.03 Å². The molecular weight excluding hydrogens is 454 g/mol. The molecule has 2 aliphatic heterocycles. The summed E-state index contributed by atoms with van der Waals surface area (Å²) < 4.78 is 1.99. The second-order valence-electron chi connectivity index (χ2n) is 10.5. The molecule has 3 aromatic heterocycles. The number of piperazine rings is 1. The predicted octanol–water partition coefficient (Wildman–Crippen LogP) is 3.20. The zero-order chi connectivity index (χ0) is 24.7. The number of nitriles is 1. The van der Waals surface area contributed by atoms with E-state index in [1.807, 2.05) is 34.2 Å². The van der Waals surface area contributed by atoms with Crippen LogP contribution in [0.4, 0.5) is 4.79 Å². The first-order chi connectivity index (χ1) is 17.6. The van der Waals surface area contributed by atoms with Crippen LogP contribution in [0, 0.1) is 11.3 Å². The summed E-state index contributed by atoms with van der Waals surface area (Å²) in [6.45, 7) is 6.41. The fraction of sp³-hybridized carbons (Fsp3) is 0.577. The van der Waals surface area contributed by atoms with E-state index in [0.717, 1.165) is 87.1 Å². The van der Waals surface area contributed by atoms with Gasteiger partial charge in [0.1, 0.15) is 12.0 Å². The van der Waals surface area contributed by atoms with Gasteiger partial charge in [0.15, 0.2) is 0 Å². The van der Waals surface area contributed by atoms with Crippen molar-refractivity contribution in [2.24, 2.45) is 0 Å². The number of H-pyrrole nitrogens is 1. The van der Waals surface area contributed by atoms with Crippen LogP contribution in [0.15, 0.2) is 31.0 Å². The molecule has 0 radical (unpaired) electrons. The van der Waals surface area contributed by atoms with Crippen LogP contribution in [0.5, 0.6) is 0 Å². The largest absolute Gasteiger partial charge is 0.346 e. The number of amides is 2. The number of urea groups is 1. The van der Waals surface area contributed by atoms with Crippen molar-refractivity contribution in [1.29, 1.82) is 5.26 Å². The highest BCUT2D eigenvalue weighted by Gasteiger charge is 2.49. The summed E-state index contributed by atoms with van der Waals surface area (Å²) >= 11 is 0. The van der Waals surface area contributed by atoms with E-state index in [2.05, 4.69) is 42.8 Å². The Morgan fingerprint density at radius 3 is 2.83 bits per heavy atom. The Kier molecular flexibility index (Phi) is 5.88. The smallest absolute Gasteiger partial charge is 0.320 e. The van der Waals surface area contributed by atoms with Gasteiger partial charge in [0.25, 0.3) is 0 Å². The third-order valence-corrected chi connectivity index (χ3v) is 8.53. The monoisotopic (exact) mass is 487 g/mol. The Morgan fingerprint density at radius 1 is 1.22 bits per heavy atom. The summed E-state index contributed by atoms with van der Waals surface area (Å²) in [7, 11) is 0. The molecule has 2 amide bonds. The minimum atomic E-state index is -0.293. The standard InChI is InChI=1S/C26H33N9O/c1-2-20-4-3-9-34(20)25(36)33-12-10-32(11-13-33)21-14-26(15-21,6-7-27)35-17-19(16-31-35)23-22-5-8-28-24(22)30-18-29-23/h5,8,16-18,20-21H,2-4,6,9-15H2,1H3,(H,28,29,30)/t20-,21?,26?/m0/s1. The summed E-state index contributed by atoms with van der Waals surface area (Å²) in [5, 5.41) is 15.3. The maximum atomic E-state index is 13.1. The average molecular weight is 488 g/mol. The zero-order valence-electron chi connectivity index (χ0n) is 20.8. The van der Waals surface area contributed by atoms with Crippen LogP contribution < -0.4 is 0 Å². The lowest BCUT2D eigenvalue weighted by molar-refractivity contribution is -0.0149. The number of carbonyl (C=O) groups excluding carboxylic acids is 1. The number of hydrogen-bond donors (Lipinski definition) is 1. The van der Waals surface area contributed by atoms with Gasteiger partial charge < -0.3 is 14.8 Å². The molecule has 0 spiro atoms. The van der Waals surface area contributed by atoms with Gasteiger partial charge in [-0.15, -0.1) is 0 Å². The minimum Gasteiger partial charge on any atom is -0.346 e. The van der Waals surface area contributed by atoms with Crippen molar-refractivity contribution in [3.63, 3.8) is 0 Å². The van der Waals surface area contributed by atoms with E-state index in [-0.39, 0.29) is 11.6 Å². The Balaban J connectivity index is 1.11. The highest BCUT2D eigenvalue weighted by molar-refractivity contribution is 5.90. The van der Waals surface area contributed by atoms with Crippen LogP contribution in [0.25, 0.3) is 22.3 Å². The van der Waals surface area contributed by atoms with Crippen molar-refractivity contribution < 1.29 is 4.79 Å². The second-order valence-corrected chi connectivity index (χ2v) is 10.5. The van der Waals surface area contributed by atoms with Gasteiger partial charge in [-0.1, -0.05) is 6.92 Å². The van der Waals surface area contributed by atoms with Gasteiger partial charge in [0, 0.05) is 68.2 Å². The SMILES string of the molecule is CC[C@H]1CCCN1C(=O)N1CCN(C2CC(CC#N)(n3cc(-c4ncnc5[nH]ccc45)cn3)C2)CC1. The zero-order valence-corrected chi connectivity index (χ0v) is 20.8. The predicted molar refractivity (Wildman–Crippen MR) is 135 cm³/mol. The summed E-state index contributed by atoms with van der Waals surface area (Å²) in [5.41, 5.74) is 2.29. The molecule has 36 heavy (non-hydrogen) atoms. The maximum Gasteiger partial charge on any atom is 0.320 e. The molecule has 1 saturated carbocycles. The minimum absolute atomic E-state index is 0.219. The molecule has 0 unspecified atom stereocenters. The third kappa shape index (κ3) is 3.82. The lowest BCUT2D eigenvalue weighted by Gasteiger charge is -2.52. The van der Waals surface area contributed by atoms with Gasteiger partial charge in [-0.25, -0.2) is 14.8 Å². The first-order valence-corrected chi connectivity index (χ1v) is 13.1. The van der Waals surface area contributed by atoms with E-state index >= 15 is 0 Å². The normalized spacial score (nSPS) is 26.8. The molecule has 0 bridgehead atoms. The van der Waals surface area contributed by atoms with E-state index in [4.69, 9.17) is 0 Å². The number of hydrogen-bond acceptors (Lipinski definition) is 6. The third-order valence-electron chi connectivity index (χ3n) is 8.53. The fourth-order valence-corrected chi connectivity index (χ4v) is 6.41. The lowest BCUT2D eigenvalue weighted by Crippen LogP contribution is -2.61. The van der Waals surface area contributed by atoms with Crippen molar-refractivity contribution in [2.75, 3.05) is 32.7 Å². The molecule has 1 N–H and O–H groups in total. The van der Waals surface area contributed by atoms with Crippen molar-refractivity contribution >= 4 is 17.1 Å². The molecule has 0 aromatic carbocycles. The Hall–Kier alpha value is -3.45. The number of rotatable bonds is 5. The number of likely N-dealkylation sites (tertiary alicyclic amines) is 1. The van der Waals surface area contributed by atoms with Crippen molar-refractivity contribution in [1.82, 2.24) is 39.4 Å². The molecule has 3 aromatic rings. The van der Waals surface area contributed by atoms with Gasteiger partial charge in [-0.05, 0) is 38.2 Å². The van der Waals surface area contributed by atoms with Crippen LogP contribution in [0.1, 0.15) is 45.4 Å². The number of nitrogens with zero attached hydrogens (tertiary/aromatic N) is 8. The molecule has 6 rings (SSSR count). The average Bonchev–Trinajstić information content (AvgIpc) is 3.65. The van der Waals surface area contributed by atoms with Gasteiger partial charge in [0.05, 0.1) is 29.9 Å². The summed E-state index contributed by atoms with van der Waals surface area (Å²) in [6, 6.07) is 5.41. The summed E-state index contributed by atoms with van der Waals surface area (Å²) in [4.78, 5) is 31.6. The number of aromatic nitrogens is 5. The van der Waals surface area contributed by atoms with Crippen LogP contribution in [-0.4, -0.2) is 90.3 Å². The van der Waals surface area contributed by atoms with Gasteiger partial charge in [-0.2, -0.15) is 10.4 Å². The Bertz CT molecular complexity index is 1280. The molecule has 1 aliphatic carbocycles. The lowest BCUT2D eigenvalue weighted by atomic mass is 9.70. The van der Waals surface area contributed by atoms with E-state index < -0.39 is 0 Å².